The summed E-state index contributed by atoms with van der Waals surface area (Å²) >= 11 is 0. The van der Waals surface area contributed by atoms with Crippen molar-refractivity contribution >= 4 is 11.8 Å². The van der Waals surface area contributed by atoms with Crippen molar-refractivity contribution in [3.05, 3.63) is 24.2 Å². The van der Waals surface area contributed by atoms with Gasteiger partial charge in [0.1, 0.15) is 0 Å². The lowest BCUT2D eigenvalue weighted by Crippen LogP contribution is -2.55. The Morgan fingerprint density at radius 2 is 1.96 bits per heavy atom. The maximum absolute atomic E-state index is 12.4. The SMILES string of the molecule is CC(=O)N(C1CC1)C1CCOC2(CCN(C(=O)c3ccco3)CC2)C1. The molecular weight excluding hydrogens is 320 g/mol. The smallest absolute Gasteiger partial charge is 0.289 e. The molecule has 1 spiro atoms. The summed E-state index contributed by atoms with van der Waals surface area (Å²) < 4.78 is 11.4. The van der Waals surface area contributed by atoms with Crippen LogP contribution in [0.2, 0.25) is 0 Å². The molecule has 6 nitrogen and oxygen atoms in total. The van der Waals surface area contributed by atoms with Gasteiger partial charge in [0.2, 0.25) is 5.91 Å². The summed E-state index contributed by atoms with van der Waals surface area (Å²) in [6, 6.07) is 4.17. The van der Waals surface area contributed by atoms with Gasteiger partial charge in [0.05, 0.1) is 11.9 Å². The number of nitrogens with zero attached hydrogens (tertiary/aromatic N) is 2. The Morgan fingerprint density at radius 1 is 1.20 bits per heavy atom. The monoisotopic (exact) mass is 346 g/mol. The molecule has 2 saturated heterocycles. The quantitative estimate of drug-likeness (QED) is 0.843. The number of ether oxygens (including phenoxy) is 1. The van der Waals surface area contributed by atoms with E-state index >= 15 is 0 Å². The van der Waals surface area contributed by atoms with Gasteiger partial charge >= 0.3 is 0 Å². The van der Waals surface area contributed by atoms with Crippen LogP contribution >= 0.6 is 0 Å². The molecule has 1 aromatic rings. The molecule has 1 atom stereocenters. The third-order valence-corrected chi connectivity index (χ3v) is 5.86. The number of carbonyl (C=O) groups excluding carboxylic acids is 2. The van der Waals surface area contributed by atoms with Gasteiger partial charge in [-0.3, -0.25) is 9.59 Å². The van der Waals surface area contributed by atoms with E-state index in [1.54, 1.807) is 19.1 Å². The minimum atomic E-state index is -0.189. The predicted molar refractivity (Wildman–Crippen MR) is 91.1 cm³/mol. The fourth-order valence-electron chi connectivity index (χ4n) is 4.43. The maximum Gasteiger partial charge on any atom is 0.289 e. The summed E-state index contributed by atoms with van der Waals surface area (Å²) in [7, 11) is 0. The van der Waals surface area contributed by atoms with Crippen LogP contribution in [0.5, 0.6) is 0 Å². The topological polar surface area (TPSA) is 63.0 Å². The van der Waals surface area contributed by atoms with Crippen molar-refractivity contribution in [2.75, 3.05) is 19.7 Å². The van der Waals surface area contributed by atoms with Gasteiger partial charge in [-0.1, -0.05) is 0 Å². The molecule has 3 aliphatic rings. The van der Waals surface area contributed by atoms with E-state index in [0.29, 0.717) is 31.5 Å². The Hall–Kier alpha value is -1.82. The standard InChI is InChI=1S/C19H26N2O4/c1-14(22)21(15-4-5-15)16-6-12-25-19(13-16)7-9-20(10-8-19)18(23)17-3-2-11-24-17/h2-3,11,15-16H,4-10,12-13H2,1H3. The Morgan fingerprint density at radius 3 is 2.56 bits per heavy atom. The molecule has 136 valence electrons. The van der Waals surface area contributed by atoms with Gasteiger partial charge in [-0.15, -0.1) is 0 Å². The largest absolute Gasteiger partial charge is 0.459 e. The first-order chi connectivity index (χ1) is 12.1. The van der Waals surface area contributed by atoms with E-state index < -0.39 is 0 Å². The van der Waals surface area contributed by atoms with Crippen LogP contribution in [0.4, 0.5) is 0 Å². The van der Waals surface area contributed by atoms with Gasteiger partial charge < -0.3 is 19.0 Å². The first kappa shape index (κ1) is 16.6. The third-order valence-electron chi connectivity index (χ3n) is 5.86. The zero-order valence-electron chi connectivity index (χ0n) is 14.8. The summed E-state index contributed by atoms with van der Waals surface area (Å²) in [6.07, 6.45) is 7.27. The van der Waals surface area contributed by atoms with Gasteiger partial charge in [0, 0.05) is 38.7 Å². The van der Waals surface area contributed by atoms with Crippen LogP contribution in [0.15, 0.2) is 22.8 Å². The van der Waals surface area contributed by atoms with Gasteiger partial charge in [-0.25, -0.2) is 0 Å². The lowest BCUT2D eigenvalue weighted by molar-refractivity contribution is -0.148. The average molecular weight is 346 g/mol. The molecule has 3 heterocycles. The van der Waals surface area contributed by atoms with E-state index in [1.165, 1.54) is 6.26 Å². The number of hydrogen-bond acceptors (Lipinski definition) is 4. The first-order valence-electron chi connectivity index (χ1n) is 9.34. The van der Waals surface area contributed by atoms with Crippen molar-refractivity contribution in [3.63, 3.8) is 0 Å². The number of piperidine rings is 1. The minimum absolute atomic E-state index is 0.0458. The fraction of sp³-hybridized carbons (Fsp3) is 0.684. The highest BCUT2D eigenvalue weighted by molar-refractivity contribution is 5.91. The van der Waals surface area contributed by atoms with Crippen molar-refractivity contribution in [2.45, 2.75) is 63.1 Å². The van der Waals surface area contributed by atoms with Crippen LogP contribution in [0.3, 0.4) is 0 Å². The number of rotatable bonds is 3. The van der Waals surface area contributed by atoms with E-state index in [1.807, 2.05) is 4.90 Å². The molecule has 1 unspecified atom stereocenters. The van der Waals surface area contributed by atoms with Crippen LogP contribution in [-0.2, 0) is 9.53 Å². The van der Waals surface area contributed by atoms with Crippen LogP contribution in [0.1, 0.15) is 56.0 Å². The number of likely N-dealkylation sites (tertiary alicyclic amines) is 1. The highest BCUT2D eigenvalue weighted by atomic mass is 16.5. The van der Waals surface area contributed by atoms with E-state index in [0.717, 1.165) is 38.5 Å². The van der Waals surface area contributed by atoms with Crippen LogP contribution < -0.4 is 0 Å². The van der Waals surface area contributed by atoms with E-state index in [-0.39, 0.29) is 23.5 Å². The van der Waals surface area contributed by atoms with Gasteiger partial charge in [-0.2, -0.15) is 0 Å². The number of furan rings is 1. The van der Waals surface area contributed by atoms with Crippen molar-refractivity contribution in [1.29, 1.82) is 0 Å². The number of carbonyl (C=O) groups is 2. The molecule has 1 saturated carbocycles. The van der Waals surface area contributed by atoms with Crippen molar-refractivity contribution in [1.82, 2.24) is 9.80 Å². The number of hydrogen-bond donors (Lipinski definition) is 0. The van der Waals surface area contributed by atoms with Crippen LogP contribution in [0, 0.1) is 0 Å². The molecule has 1 aliphatic carbocycles. The van der Waals surface area contributed by atoms with Gasteiger partial charge in [-0.05, 0) is 50.7 Å². The molecule has 0 bridgehead atoms. The fourth-order valence-corrected chi connectivity index (χ4v) is 4.43. The van der Waals surface area contributed by atoms with E-state index in [2.05, 4.69) is 4.90 Å². The van der Waals surface area contributed by atoms with Crippen molar-refractivity contribution in [3.8, 4) is 0 Å². The summed E-state index contributed by atoms with van der Waals surface area (Å²) in [5, 5.41) is 0. The highest BCUT2D eigenvalue weighted by Gasteiger charge is 2.45. The molecule has 2 amide bonds. The molecule has 0 N–H and O–H groups in total. The second-order valence-corrected chi connectivity index (χ2v) is 7.61. The van der Waals surface area contributed by atoms with Crippen molar-refractivity contribution in [2.24, 2.45) is 0 Å². The lowest BCUT2D eigenvalue weighted by Gasteiger charge is -2.48. The third kappa shape index (κ3) is 3.32. The Balaban J connectivity index is 1.40. The van der Waals surface area contributed by atoms with Crippen LogP contribution in [-0.4, -0.2) is 59.0 Å². The summed E-state index contributed by atoms with van der Waals surface area (Å²) in [4.78, 5) is 28.5. The molecule has 2 aliphatic heterocycles. The summed E-state index contributed by atoms with van der Waals surface area (Å²) in [5.41, 5.74) is -0.189. The molecule has 25 heavy (non-hydrogen) atoms. The lowest BCUT2D eigenvalue weighted by atomic mass is 9.81. The second-order valence-electron chi connectivity index (χ2n) is 7.61. The molecular formula is C19H26N2O4. The maximum atomic E-state index is 12.4. The summed E-state index contributed by atoms with van der Waals surface area (Å²) in [6.45, 7) is 3.74. The normalized spacial score (nSPS) is 25.8. The molecule has 4 rings (SSSR count). The van der Waals surface area contributed by atoms with Crippen molar-refractivity contribution < 1.29 is 18.7 Å². The minimum Gasteiger partial charge on any atom is -0.459 e. The Bertz CT molecular complexity index is 630. The van der Waals surface area contributed by atoms with Gasteiger partial charge in [0.25, 0.3) is 5.91 Å². The highest BCUT2D eigenvalue weighted by Crippen LogP contribution is 2.40. The van der Waals surface area contributed by atoms with Crippen LogP contribution in [0.25, 0.3) is 0 Å². The number of amides is 2. The van der Waals surface area contributed by atoms with Gasteiger partial charge in [0.15, 0.2) is 5.76 Å². The first-order valence-corrected chi connectivity index (χ1v) is 9.34. The second kappa shape index (κ2) is 6.48. The Kier molecular flexibility index (Phi) is 4.31. The molecule has 6 heteroatoms. The molecule has 1 aromatic heterocycles. The van der Waals surface area contributed by atoms with E-state index in [4.69, 9.17) is 9.15 Å². The molecule has 0 radical (unpaired) electrons. The molecule has 3 fully saturated rings. The van der Waals surface area contributed by atoms with E-state index in [9.17, 15) is 9.59 Å². The predicted octanol–water partition coefficient (Wildman–Crippen LogP) is 2.44. The zero-order valence-corrected chi connectivity index (χ0v) is 14.8. The Labute approximate surface area is 148 Å². The average Bonchev–Trinajstić information content (AvgIpc) is 3.26. The zero-order chi connectivity index (χ0) is 17.4. The summed E-state index contributed by atoms with van der Waals surface area (Å²) in [5.74, 6) is 0.542. The molecule has 0 aromatic carbocycles.